The zero-order valence-electron chi connectivity index (χ0n) is 17.9. The number of ether oxygens (including phenoxy) is 1. The number of hydrogen-bond donors (Lipinski definition) is 1. The molecule has 0 atom stereocenters. The highest BCUT2D eigenvalue weighted by Gasteiger charge is 2.10. The van der Waals surface area contributed by atoms with Gasteiger partial charge >= 0.3 is 0 Å². The topological polar surface area (TPSA) is 51.4 Å². The second-order valence-corrected chi connectivity index (χ2v) is 7.58. The summed E-state index contributed by atoms with van der Waals surface area (Å²) in [4.78, 5) is 4.63. The number of rotatable bonds is 5. The van der Waals surface area contributed by atoms with Gasteiger partial charge in [0.1, 0.15) is 11.3 Å². The summed E-state index contributed by atoms with van der Waals surface area (Å²) in [6.07, 6.45) is 1.86. The Hall–Kier alpha value is -3.86. The van der Waals surface area contributed by atoms with Crippen LogP contribution < -0.4 is 10.2 Å². The summed E-state index contributed by atoms with van der Waals surface area (Å²) in [5.74, 6) is 0.756. The Labute approximate surface area is 181 Å². The van der Waals surface area contributed by atoms with Crippen LogP contribution in [0, 0.1) is 6.92 Å². The van der Waals surface area contributed by atoms with E-state index in [1.165, 1.54) is 21.8 Å². The van der Waals surface area contributed by atoms with E-state index in [0.29, 0.717) is 0 Å². The minimum absolute atomic E-state index is 0.756. The fourth-order valence-electron chi connectivity index (χ4n) is 4.28. The fraction of sp³-hybridized carbons (Fsp3) is 0.154. The molecule has 0 unspecified atom stereocenters. The van der Waals surface area contributed by atoms with Crippen LogP contribution in [0.4, 0.5) is 5.69 Å². The number of aryl methyl sites for hydroxylation is 2. The average molecular weight is 409 g/mol. The highest BCUT2D eigenvalue weighted by Crippen LogP contribution is 2.31. The summed E-state index contributed by atoms with van der Waals surface area (Å²) >= 11 is 0. The summed E-state index contributed by atoms with van der Waals surface area (Å²) in [5.41, 5.74) is 9.40. The first-order valence-corrected chi connectivity index (χ1v) is 10.4. The normalized spacial score (nSPS) is 11.7. The van der Waals surface area contributed by atoms with Crippen molar-refractivity contribution >= 4 is 44.6 Å². The van der Waals surface area contributed by atoms with Gasteiger partial charge in [0.15, 0.2) is 0 Å². The number of hydrazone groups is 1. The molecule has 0 spiro atoms. The van der Waals surface area contributed by atoms with Crippen molar-refractivity contribution in [2.24, 2.45) is 5.10 Å². The molecule has 5 nitrogen and oxygen atoms in total. The number of nitrogens with zero attached hydrogens (tertiary/aromatic N) is 3. The number of anilines is 1. The molecule has 5 rings (SSSR count). The monoisotopic (exact) mass is 408 g/mol. The van der Waals surface area contributed by atoms with Gasteiger partial charge in [-0.1, -0.05) is 36.4 Å². The SMILES string of the molecule is CCn1c2ccccc2c2cc(/C=N/Nc3cc(C)nc4c(OC)cccc34)ccc21. The molecule has 0 fully saturated rings. The van der Waals surface area contributed by atoms with Crippen molar-refractivity contribution < 1.29 is 4.74 Å². The first-order valence-electron chi connectivity index (χ1n) is 10.4. The smallest absolute Gasteiger partial charge is 0.145 e. The molecule has 2 aromatic heterocycles. The van der Waals surface area contributed by atoms with Crippen LogP contribution in [0.2, 0.25) is 0 Å². The zero-order chi connectivity index (χ0) is 21.4. The van der Waals surface area contributed by atoms with Gasteiger partial charge in [0.2, 0.25) is 0 Å². The number of pyridine rings is 1. The lowest BCUT2D eigenvalue weighted by Gasteiger charge is -2.10. The molecule has 31 heavy (non-hydrogen) atoms. The molecule has 154 valence electrons. The first kappa shape index (κ1) is 19.1. The zero-order valence-corrected chi connectivity index (χ0v) is 17.9. The van der Waals surface area contributed by atoms with Crippen LogP contribution in [0.5, 0.6) is 5.75 Å². The highest BCUT2D eigenvalue weighted by molar-refractivity contribution is 6.09. The van der Waals surface area contributed by atoms with Gasteiger partial charge in [-0.25, -0.2) is 4.98 Å². The predicted octanol–water partition coefficient (Wildman–Crippen LogP) is 6.13. The molecule has 0 bridgehead atoms. The van der Waals surface area contributed by atoms with Crippen LogP contribution in [0.25, 0.3) is 32.7 Å². The lowest BCUT2D eigenvalue weighted by atomic mass is 10.1. The second kappa shape index (κ2) is 7.76. The number of benzene rings is 3. The van der Waals surface area contributed by atoms with Crippen molar-refractivity contribution in [3.63, 3.8) is 0 Å². The van der Waals surface area contributed by atoms with Gasteiger partial charge in [-0.3, -0.25) is 5.43 Å². The number of fused-ring (bicyclic) bond motifs is 4. The molecule has 5 heteroatoms. The van der Waals surface area contributed by atoms with Crippen LogP contribution in [-0.4, -0.2) is 22.9 Å². The van der Waals surface area contributed by atoms with Gasteiger partial charge in [-0.15, -0.1) is 0 Å². The Bertz CT molecular complexity index is 1450. The van der Waals surface area contributed by atoms with Crippen LogP contribution in [0.3, 0.4) is 0 Å². The number of methoxy groups -OCH3 is 1. The van der Waals surface area contributed by atoms with Crippen molar-refractivity contribution in [3.05, 3.63) is 78.0 Å². The molecule has 0 aliphatic rings. The Morgan fingerprint density at radius 3 is 2.61 bits per heavy atom. The van der Waals surface area contributed by atoms with E-state index in [1.54, 1.807) is 7.11 Å². The van der Waals surface area contributed by atoms with E-state index in [2.05, 4.69) is 69.5 Å². The van der Waals surface area contributed by atoms with Gasteiger partial charge < -0.3 is 9.30 Å². The molecule has 0 amide bonds. The average Bonchev–Trinajstić information content (AvgIpc) is 3.11. The third kappa shape index (κ3) is 3.28. The maximum Gasteiger partial charge on any atom is 0.145 e. The standard InChI is InChI=1S/C26H24N4O/c1-4-30-23-10-6-5-8-19(23)21-15-18(12-13-24(21)30)16-27-29-22-14-17(2)28-26-20(22)9-7-11-25(26)31-3/h5-16H,4H2,1-3H3,(H,28,29)/b27-16+. The summed E-state index contributed by atoms with van der Waals surface area (Å²) in [6.45, 7) is 5.09. The van der Waals surface area contributed by atoms with Gasteiger partial charge in [-0.2, -0.15) is 5.10 Å². The third-order valence-corrected chi connectivity index (χ3v) is 5.66. The van der Waals surface area contributed by atoms with Gasteiger partial charge in [0, 0.05) is 39.4 Å². The predicted molar refractivity (Wildman–Crippen MR) is 129 cm³/mol. The fourth-order valence-corrected chi connectivity index (χ4v) is 4.28. The molecule has 0 radical (unpaired) electrons. The summed E-state index contributed by atoms with van der Waals surface area (Å²) in [5, 5.41) is 8.01. The van der Waals surface area contributed by atoms with E-state index in [-0.39, 0.29) is 0 Å². The maximum atomic E-state index is 5.47. The van der Waals surface area contributed by atoms with Crippen LogP contribution in [-0.2, 0) is 6.54 Å². The summed E-state index contributed by atoms with van der Waals surface area (Å²) in [6, 6.07) is 22.9. The number of hydrogen-bond acceptors (Lipinski definition) is 4. The van der Waals surface area contributed by atoms with E-state index in [4.69, 9.17) is 4.74 Å². The van der Waals surface area contributed by atoms with Crippen molar-refractivity contribution in [1.29, 1.82) is 0 Å². The number of para-hydroxylation sites is 2. The van der Waals surface area contributed by atoms with Crippen molar-refractivity contribution in [3.8, 4) is 5.75 Å². The minimum Gasteiger partial charge on any atom is -0.494 e. The second-order valence-electron chi connectivity index (χ2n) is 7.58. The van der Waals surface area contributed by atoms with Crippen molar-refractivity contribution in [2.45, 2.75) is 20.4 Å². The van der Waals surface area contributed by atoms with E-state index >= 15 is 0 Å². The van der Waals surface area contributed by atoms with Gasteiger partial charge in [0.25, 0.3) is 0 Å². The molecular formula is C26H24N4O. The van der Waals surface area contributed by atoms with Crippen molar-refractivity contribution in [2.75, 3.05) is 12.5 Å². The molecular weight excluding hydrogens is 384 g/mol. The van der Waals surface area contributed by atoms with Crippen LogP contribution in [0.1, 0.15) is 18.2 Å². The Morgan fingerprint density at radius 2 is 1.77 bits per heavy atom. The largest absolute Gasteiger partial charge is 0.494 e. The quantitative estimate of drug-likeness (QED) is 0.281. The van der Waals surface area contributed by atoms with Crippen molar-refractivity contribution in [1.82, 2.24) is 9.55 Å². The minimum atomic E-state index is 0.756. The first-order chi connectivity index (χ1) is 15.2. The molecule has 1 N–H and O–H groups in total. The Balaban J connectivity index is 1.51. The summed E-state index contributed by atoms with van der Waals surface area (Å²) in [7, 11) is 1.66. The van der Waals surface area contributed by atoms with E-state index in [1.807, 2.05) is 37.4 Å². The highest BCUT2D eigenvalue weighted by atomic mass is 16.5. The molecule has 2 heterocycles. The molecule has 3 aromatic carbocycles. The molecule has 0 aliphatic carbocycles. The molecule has 0 aliphatic heterocycles. The number of nitrogens with one attached hydrogen (secondary N) is 1. The lowest BCUT2D eigenvalue weighted by Crippen LogP contribution is -1.96. The maximum absolute atomic E-state index is 5.47. The molecule has 0 saturated carbocycles. The van der Waals surface area contributed by atoms with E-state index < -0.39 is 0 Å². The molecule has 0 saturated heterocycles. The van der Waals surface area contributed by atoms with Gasteiger partial charge in [-0.05, 0) is 49.7 Å². The third-order valence-electron chi connectivity index (χ3n) is 5.66. The van der Waals surface area contributed by atoms with Crippen LogP contribution >= 0.6 is 0 Å². The number of aromatic nitrogens is 2. The molecule has 5 aromatic rings. The van der Waals surface area contributed by atoms with Gasteiger partial charge in [0.05, 0.1) is 19.0 Å². The van der Waals surface area contributed by atoms with E-state index in [0.717, 1.165) is 40.1 Å². The Kier molecular flexibility index (Phi) is 4.79. The summed E-state index contributed by atoms with van der Waals surface area (Å²) < 4.78 is 7.82. The van der Waals surface area contributed by atoms with Crippen LogP contribution in [0.15, 0.2) is 71.8 Å². The van der Waals surface area contributed by atoms with E-state index in [9.17, 15) is 0 Å². The lowest BCUT2D eigenvalue weighted by molar-refractivity contribution is 0.419. The Morgan fingerprint density at radius 1 is 0.968 bits per heavy atom.